The maximum absolute atomic E-state index is 14.2. The molecule has 0 radical (unpaired) electrons. The minimum Gasteiger partial charge on any atom is -0.504 e. The van der Waals surface area contributed by atoms with Gasteiger partial charge in [-0.1, -0.05) is 12.1 Å². The monoisotopic (exact) mass is 1330 g/mol. The van der Waals surface area contributed by atoms with Crippen molar-refractivity contribution in [2.45, 2.75) is 111 Å². The number of ether oxygens (including phenoxy) is 10. The number of carbonyl (C=O) groups excluding carboxylic acids is 4. The summed E-state index contributed by atoms with van der Waals surface area (Å²) >= 11 is 0. The van der Waals surface area contributed by atoms with Gasteiger partial charge in [0.15, 0.2) is 81.8 Å². The Bertz CT molecular complexity index is 3670. The minimum atomic E-state index is -2.81. The van der Waals surface area contributed by atoms with Gasteiger partial charge in [0.25, 0.3) is 0 Å². The number of fused-ring (bicyclic) bond motifs is 1. The predicted octanol–water partition coefficient (Wildman–Crippen LogP) is -3.56. The number of hydrogen-bond donors (Lipinski definition) is 18. The Kier molecular flexibility index (Phi) is 22.2. The van der Waals surface area contributed by atoms with E-state index in [0.29, 0.717) is 0 Å². The van der Waals surface area contributed by atoms with Crippen LogP contribution in [0.25, 0.3) is 34.8 Å². The Morgan fingerprint density at radius 1 is 0.543 bits per heavy atom. The van der Waals surface area contributed by atoms with Gasteiger partial charge in [0.1, 0.15) is 92.2 Å². The molecule has 18 N–H and O–H groups in total. The van der Waals surface area contributed by atoms with Crippen LogP contribution in [-0.4, -0.2) is 252 Å². The summed E-state index contributed by atoms with van der Waals surface area (Å²) < 4.78 is 61.4. The van der Waals surface area contributed by atoms with Gasteiger partial charge >= 0.3 is 35.8 Å². The first-order valence-corrected chi connectivity index (χ1v) is 27.4. The summed E-state index contributed by atoms with van der Waals surface area (Å²) in [5, 5.41) is 187. The lowest BCUT2D eigenvalue weighted by atomic mass is 9.97. The number of aliphatic hydroxyl groups is 9. The van der Waals surface area contributed by atoms with E-state index in [0.717, 1.165) is 72.8 Å². The number of rotatable bonds is 23. The molecule has 3 aromatic carbocycles. The molecule has 4 aliphatic heterocycles. The Hall–Kier alpha value is -9.93. The average Bonchev–Trinajstić information content (AvgIpc) is 0.768. The van der Waals surface area contributed by atoms with E-state index >= 15 is 0 Å². The van der Waals surface area contributed by atoms with Gasteiger partial charge in [0.2, 0.25) is 18.7 Å². The van der Waals surface area contributed by atoms with Crippen LogP contribution in [0.4, 0.5) is 0 Å². The number of carboxylic acids is 2. The van der Waals surface area contributed by atoms with Crippen molar-refractivity contribution in [3.8, 4) is 74.4 Å². The molecule has 3 fully saturated rings. The number of phenols is 7. The van der Waals surface area contributed by atoms with Crippen molar-refractivity contribution in [1.82, 2.24) is 0 Å². The molecule has 17 atom stereocenters. The first-order chi connectivity index (χ1) is 44.4. The fourth-order valence-electron chi connectivity index (χ4n) is 9.30. The first-order valence-electron chi connectivity index (χ1n) is 27.4. The molecule has 36 heteroatoms. The van der Waals surface area contributed by atoms with Crippen LogP contribution in [0.15, 0.2) is 88.1 Å². The van der Waals surface area contributed by atoms with Gasteiger partial charge in [-0.05, 0) is 65.7 Å². The molecule has 506 valence electrons. The highest BCUT2D eigenvalue weighted by atomic mass is 16.8. The Labute approximate surface area is 524 Å². The third-order valence-corrected chi connectivity index (χ3v) is 14.2. The first kappa shape index (κ1) is 69.9. The van der Waals surface area contributed by atoms with Gasteiger partial charge < -0.3 is 144 Å². The van der Waals surface area contributed by atoms with Crippen LogP contribution in [0.2, 0.25) is 0 Å². The van der Waals surface area contributed by atoms with E-state index in [4.69, 9.17) is 52.2 Å². The second kappa shape index (κ2) is 29.8. The van der Waals surface area contributed by atoms with Crippen molar-refractivity contribution in [3.63, 3.8) is 0 Å². The van der Waals surface area contributed by atoms with E-state index in [2.05, 4.69) is 4.74 Å². The van der Waals surface area contributed by atoms with E-state index < -0.39 is 246 Å². The second-order valence-electron chi connectivity index (χ2n) is 20.8. The van der Waals surface area contributed by atoms with Gasteiger partial charge in [0, 0.05) is 29.8 Å². The number of esters is 4. The number of phenolic OH excluding ortho intramolecular Hbond substituents is 7. The van der Waals surface area contributed by atoms with Crippen molar-refractivity contribution < 1.29 is 172 Å². The van der Waals surface area contributed by atoms with Crippen LogP contribution in [0.1, 0.15) is 17.5 Å². The maximum atomic E-state index is 14.2. The van der Waals surface area contributed by atoms with Gasteiger partial charge in [-0.2, -0.15) is 0 Å². The van der Waals surface area contributed by atoms with Crippen molar-refractivity contribution in [1.29, 1.82) is 0 Å². The van der Waals surface area contributed by atoms with Crippen molar-refractivity contribution in [3.05, 3.63) is 100 Å². The normalized spacial score (nSPS) is 26.8. The number of hydrogen-bond acceptors (Lipinski definition) is 34. The Morgan fingerprint density at radius 2 is 1.10 bits per heavy atom. The molecule has 8 rings (SSSR count). The number of aliphatic carboxylic acids is 2. The molecule has 3 aromatic rings. The van der Waals surface area contributed by atoms with Gasteiger partial charge in [-0.15, -0.1) is 0 Å². The van der Waals surface area contributed by atoms with Crippen molar-refractivity contribution in [2.24, 2.45) is 0 Å². The lowest BCUT2D eigenvalue weighted by molar-refractivity contribution is -0.358. The molecular formula is C58H58O36. The summed E-state index contributed by atoms with van der Waals surface area (Å²) in [6.07, 6.45) is -34.9. The Morgan fingerprint density at radius 3 is 1.68 bits per heavy atom. The summed E-state index contributed by atoms with van der Waals surface area (Å²) in [6.45, 7) is -3.08. The zero-order valence-corrected chi connectivity index (χ0v) is 47.7. The number of benzene rings is 4. The van der Waals surface area contributed by atoms with Gasteiger partial charge in [-0.3, -0.25) is 14.4 Å². The number of aliphatic hydroxyl groups excluding tert-OH is 9. The highest BCUT2D eigenvalue weighted by Gasteiger charge is 2.54. The largest absolute Gasteiger partial charge is 0.504 e. The summed E-state index contributed by atoms with van der Waals surface area (Å²) in [7, 11) is 0. The zero-order chi connectivity index (χ0) is 68.7. The maximum Gasteiger partial charge on any atom is 0.348 e. The Balaban J connectivity index is 1.13. The molecule has 0 aromatic heterocycles. The van der Waals surface area contributed by atoms with Crippen LogP contribution < -0.4 is 14.9 Å². The molecule has 2 unspecified atom stereocenters. The number of aromatic hydroxyl groups is 7. The van der Waals surface area contributed by atoms with Gasteiger partial charge in [-0.25, -0.2) is 19.2 Å². The third-order valence-electron chi connectivity index (χ3n) is 14.2. The standard InChI is InChI=1S/C58H58O36/c59-17-34-42(72)46(76)52(92-38(68)8-4-21-2-6-26(61)29(64)10-21)58(89-34)94-53-47(77)44(74)36(19-85-39(69)16-40(70)93-51(55(82)83)49(79)54(80)81)91-57(53)88-33-15-24-27(62)13-23(14-32(24)87-50(33)22-11-30(65)41(71)31(66)12-22)86-56-48(78)45(75)43(73)35(90-56)18-84-37(67)7-3-20-1-5-25(60)28(63)9-20/h1-15,34-36,42-49,51-53,56-61,63-66,71-79H,16-19H2,(H,80,81)(H,82,83)/t34-,35-,36-,42-,43-,44+,45+,46+,47+,48-,49?,51?,52-,53-,56-,57-,58+/m1/s1. The number of carbonyl (C=O) groups is 6. The topological polar surface area (TPSA) is 589 Å². The van der Waals surface area contributed by atoms with E-state index in [1.807, 2.05) is 0 Å². The van der Waals surface area contributed by atoms with Crippen LogP contribution >= 0.6 is 0 Å². The van der Waals surface area contributed by atoms with Crippen molar-refractivity contribution in [2.75, 3.05) is 19.8 Å². The molecule has 94 heavy (non-hydrogen) atoms. The summed E-state index contributed by atoms with van der Waals surface area (Å²) in [5.74, 6) is -17.7. The fourth-order valence-corrected chi connectivity index (χ4v) is 9.30. The molecule has 0 amide bonds. The van der Waals surface area contributed by atoms with Crippen LogP contribution in [-0.2, 0) is 66.7 Å². The van der Waals surface area contributed by atoms with Gasteiger partial charge in [0.05, 0.1) is 12.2 Å². The zero-order valence-electron chi connectivity index (χ0n) is 47.7. The molecule has 36 nitrogen and oxygen atoms in total. The van der Waals surface area contributed by atoms with E-state index in [1.165, 1.54) is 18.2 Å². The molecule has 1 aliphatic carbocycles. The van der Waals surface area contributed by atoms with Crippen LogP contribution in [0.3, 0.4) is 0 Å². The second-order valence-corrected chi connectivity index (χ2v) is 20.8. The summed E-state index contributed by atoms with van der Waals surface area (Å²) in [6, 6.07) is 11.1. The highest BCUT2D eigenvalue weighted by Crippen LogP contribution is 2.45. The lowest BCUT2D eigenvalue weighted by Crippen LogP contribution is -2.65. The average molecular weight is 1330 g/mol. The third kappa shape index (κ3) is 16.3. The van der Waals surface area contributed by atoms with E-state index in [-0.39, 0.29) is 11.1 Å². The number of carboxylic acid groups (broad SMARTS) is 2. The predicted molar refractivity (Wildman–Crippen MR) is 298 cm³/mol. The summed E-state index contributed by atoms with van der Waals surface area (Å²) in [5.41, 5.74) is -1.63. The SMILES string of the molecule is O=C(C=Cc1ccc(O)c(O)c1)OC[C@H]1O[C@@H](Oc2cc3oc(-c4cc(O)c(O)c(O)c4)c(O[C@@H]4O[C@H](COC(=O)CC(=O)OC(C(=O)O)C(O)C(=O)O)[C@H](O)[C@H](O)[C@H]4O[C@@H]4O[C@H](CO)[C@@H](O)[C@H](O)[C@H]4OC(=O)C=Cc4ccc(O)c(O)c4)cc-3c(=O)c2)[C@H](O)[C@@H](O)[C@@H]1O. The highest BCUT2D eigenvalue weighted by molar-refractivity contribution is 5.93. The van der Waals surface area contributed by atoms with Crippen LogP contribution in [0.5, 0.6) is 51.7 Å². The van der Waals surface area contributed by atoms with E-state index in [9.17, 15) is 120 Å². The molecule has 4 heterocycles. The molecule has 3 saturated heterocycles. The molecule has 0 bridgehead atoms. The van der Waals surface area contributed by atoms with Crippen LogP contribution in [0, 0.1) is 0 Å². The van der Waals surface area contributed by atoms with Crippen molar-refractivity contribution >= 4 is 48.0 Å². The summed E-state index contributed by atoms with van der Waals surface area (Å²) in [4.78, 5) is 88.3. The minimum absolute atomic E-state index is 0.113. The molecule has 0 spiro atoms. The molecular weight excluding hydrogens is 1270 g/mol. The van der Waals surface area contributed by atoms with E-state index in [1.54, 1.807) is 0 Å². The molecule has 5 aliphatic rings. The fraction of sp³-hybridized carbons (Fsp3) is 0.362. The smallest absolute Gasteiger partial charge is 0.348 e. The lowest BCUT2D eigenvalue weighted by Gasteiger charge is -2.46. The molecule has 0 saturated carbocycles. The quantitative estimate of drug-likeness (QED) is 0.00989.